The van der Waals surface area contributed by atoms with Gasteiger partial charge < -0.3 is 14.6 Å². The molecule has 0 bridgehead atoms. The van der Waals surface area contributed by atoms with Crippen LogP contribution < -0.4 is 5.32 Å². The van der Waals surface area contributed by atoms with Crippen molar-refractivity contribution in [3.05, 3.63) is 35.5 Å². The number of amides is 1. The van der Waals surface area contributed by atoms with Gasteiger partial charge >= 0.3 is 0 Å². The highest BCUT2D eigenvalue weighted by molar-refractivity contribution is 5.98. The van der Waals surface area contributed by atoms with Gasteiger partial charge in [-0.2, -0.15) is 0 Å². The van der Waals surface area contributed by atoms with E-state index in [1.807, 2.05) is 17.7 Å². The maximum absolute atomic E-state index is 12.3. The molecule has 20 heavy (non-hydrogen) atoms. The van der Waals surface area contributed by atoms with Crippen LogP contribution in [0, 0.1) is 6.92 Å². The molecule has 2 aromatic rings. The van der Waals surface area contributed by atoms with Crippen LogP contribution in [0.5, 0.6) is 0 Å². The SMILES string of the molecule is Cc1ccc2c(c1)cc(C(=O)NCC1CCCO1)n2C. The van der Waals surface area contributed by atoms with Gasteiger partial charge in [0.2, 0.25) is 0 Å². The minimum Gasteiger partial charge on any atom is -0.376 e. The lowest BCUT2D eigenvalue weighted by atomic mass is 10.2. The second-order valence-corrected chi connectivity index (χ2v) is 5.50. The Hall–Kier alpha value is -1.81. The number of hydrogen-bond donors (Lipinski definition) is 1. The van der Waals surface area contributed by atoms with Crippen molar-refractivity contribution in [2.24, 2.45) is 7.05 Å². The highest BCUT2D eigenvalue weighted by Gasteiger charge is 2.18. The predicted octanol–water partition coefficient (Wildman–Crippen LogP) is 2.40. The monoisotopic (exact) mass is 272 g/mol. The number of benzene rings is 1. The zero-order valence-electron chi connectivity index (χ0n) is 12.0. The van der Waals surface area contributed by atoms with Gasteiger partial charge in [0, 0.05) is 31.1 Å². The molecule has 0 aliphatic carbocycles. The Labute approximate surface area is 118 Å². The number of nitrogens with one attached hydrogen (secondary N) is 1. The van der Waals surface area contributed by atoms with E-state index in [1.54, 1.807) is 0 Å². The molecule has 1 aromatic heterocycles. The summed E-state index contributed by atoms with van der Waals surface area (Å²) in [5.41, 5.74) is 2.98. The van der Waals surface area contributed by atoms with Gasteiger partial charge in [-0.25, -0.2) is 0 Å². The number of aryl methyl sites for hydroxylation is 2. The van der Waals surface area contributed by atoms with Gasteiger partial charge in [0.05, 0.1) is 6.10 Å². The topological polar surface area (TPSA) is 43.3 Å². The molecule has 0 saturated carbocycles. The molecule has 1 saturated heterocycles. The third-order valence-corrected chi connectivity index (χ3v) is 3.94. The third-order valence-electron chi connectivity index (χ3n) is 3.94. The summed E-state index contributed by atoms with van der Waals surface area (Å²) in [7, 11) is 1.93. The van der Waals surface area contributed by atoms with Crippen LogP contribution in [0.25, 0.3) is 10.9 Å². The van der Waals surface area contributed by atoms with E-state index < -0.39 is 0 Å². The first-order valence-corrected chi connectivity index (χ1v) is 7.11. The van der Waals surface area contributed by atoms with Crippen molar-refractivity contribution in [2.45, 2.75) is 25.9 Å². The zero-order chi connectivity index (χ0) is 14.1. The lowest BCUT2D eigenvalue weighted by Gasteiger charge is -2.11. The summed E-state index contributed by atoms with van der Waals surface area (Å²) in [5.74, 6) is -0.0307. The quantitative estimate of drug-likeness (QED) is 0.932. The zero-order valence-corrected chi connectivity index (χ0v) is 12.0. The average molecular weight is 272 g/mol. The molecule has 4 heteroatoms. The fourth-order valence-electron chi connectivity index (χ4n) is 2.79. The number of carbonyl (C=O) groups excluding carboxylic acids is 1. The maximum Gasteiger partial charge on any atom is 0.268 e. The third kappa shape index (κ3) is 2.43. The minimum absolute atomic E-state index is 0.0307. The molecule has 1 atom stereocenters. The van der Waals surface area contributed by atoms with Crippen molar-refractivity contribution < 1.29 is 9.53 Å². The summed E-state index contributed by atoms with van der Waals surface area (Å²) < 4.78 is 7.47. The van der Waals surface area contributed by atoms with Crippen LogP contribution in [-0.2, 0) is 11.8 Å². The van der Waals surface area contributed by atoms with Crippen LogP contribution in [0.4, 0.5) is 0 Å². The molecule has 1 aliphatic rings. The fraction of sp³-hybridized carbons (Fsp3) is 0.438. The number of carbonyl (C=O) groups is 1. The van der Waals surface area contributed by atoms with Crippen molar-refractivity contribution in [1.82, 2.24) is 9.88 Å². The summed E-state index contributed by atoms with van der Waals surface area (Å²) in [6.07, 6.45) is 2.30. The molecule has 1 N–H and O–H groups in total. The van der Waals surface area contributed by atoms with Crippen LogP contribution in [-0.4, -0.2) is 29.7 Å². The first-order chi connectivity index (χ1) is 9.65. The molecule has 0 spiro atoms. The number of aromatic nitrogens is 1. The fourth-order valence-corrected chi connectivity index (χ4v) is 2.79. The summed E-state index contributed by atoms with van der Waals surface area (Å²) in [4.78, 5) is 12.3. The van der Waals surface area contributed by atoms with Crippen molar-refractivity contribution in [3.63, 3.8) is 0 Å². The second-order valence-electron chi connectivity index (χ2n) is 5.50. The Bertz CT molecular complexity index is 639. The molecule has 3 rings (SSSR count). The Morgan fingerprint density at radius 2 is 2.30 bits per heavy atom. The predicted molar refractivity (Wildman–Crippen MR) is 79.0 cm³/mol. The number of ether oxygens (including phenoxy) is 1. The smallest absolute Gasteiger partial charge is 0.268 e. The molecule has 1 unspecified atom stereocenters. The summed E-state index contributed by atoms with van der Waals surface area (Å²) in [5, 5.41) is 4.08. The van der Waals surface area contributed by atoms with Gasteiger partial charge in [0.1, 0.15) is 5.69 Å². The van der Waals surface area contributed by atoms with E-state index in [9.17, 15) is 4.79 Å². The molecule has 4 nitrogen and oxygen atoms in total. The van der Waals surface area contributed by atoms with E-state index >= 15 is 0 Å². The Morgan fingerprint density at radius 3 is 3.05 bits per heavy atom. The standard InChI is InChI=1S/C16H20N2O2/c1-11-5-6-14-12(8-11)9-15(18(14)2)16(19)17-10-13-4-3-7-20-13/h5-6,8-9,13H,3-4,7,10H2,1-2H3,(H,17,19). The molecular weight excluding hydrogens is 252 g/mol. The van der Waals surface area contributed by atoms with Gasteiger partial charge in [0.15, 0.2) is 0 Å². The van der Waals surface area contributed by atoms with E-state index in [2.05, 4.69) is 30.4 Å². The van der Waals surface area contributed by atoms with Crippen LogP contribution >= 0.6 is 0 Å². The van der Waals surface area contributed by atoms with Crippen molar-refractivity contribution >= 4 is 16.8 Å². The van der Waals surface area contributed by atoms with Gasteiger partial charge in [-0.05, 0) is 38.0 Å². The molecule has 2 heterocycles. The average Bonchev–Trinajstić information content (AvgIpc) is 3.04. The van der Waals surface area contributed by atoms with Crippen molar-refractivity contribution in [3.8, 4) is 0 Å². The van der Waals surface area contributed by atoms with Gasteiger partial charge in [-0.15, -0.1) is 0 Å². The first kappa shape index (κ1) is 13.2. The summed E-state index contributed by atoms with van der Waals surface area (Å²) in [6.45, 7) is 3.47. The Balaban J connectivity index is 1.78. The van der Waals surface area contributed by atoms with E-state index in [1.165, 1.54) is 5.56 Å². The van der Waals surface area contributed by atoms with E-state index in [0.717, 1.165) is 30.4 Å². The number of rotatable bonds is 3. The van der Waals surface area contributed by atoms with E-state index in [0.29, 0.717) is 12.2 Å². The lowest BCUT2D eigenvalue weighted by Crippen LogP contribution is -2.32. The molecule has 106 valence electrons. The number of nitrogens with zero attached hydrogens (tertiary/aromatic N) is 1. The number of fused-ring (bicyclic) bond motifs is 1. The molecule has 1 aliphatic heterocycles. The lowest BCUT2D eigenvalue weighted by molar-refractivity contribution is 0.0851. The summed E-state index contributed by atoms with van der Waals surface area (Å²) in [6, 6.07) is 8.18. The van der Waals surface area contributed by atoms with E-state index in [-0.39, 0.29) is 12.0 Å². The normalized spacial score (nSPS) is 18.6. The minimum atomic E-state index is -0.0307. The first-order valence-electron chi connectivity index (χ1n) is 7.11. The Kier molecular flexibility index (Phi) is 3.49. The van der Waals surface area contributed by atoms with Crippen LogP contribution in [0.15, 0.2) is 24.3 Å². The van der Waals surface area contributed by atoms with Gasteiger partial charge in [-0.3, -0.25) is 4.79 Å². The maximum atomic E-state index is 12.3. The van der Waals surface area contributed by atoms with Crippen LogP contribution in [0.2, 0.25) is 0 Å². The van der Waals surface area contributed by atoms with Crippen LogP contribution in [0.1, 0.15) is 28.9 Å². The highest BCUT2D eigenvalue weighted by Crippen LogP contribution is 2.20. The summed E-state index contributed by atoms with van der Waals surface area (Å²) >= 11 is 0. The number of hydrogen-bond acceptors (Lipinski definition) is 2. The van der Waals surface area contributed by atoms with Crippen LogP contribution in [0.3, 0.4) is 0 Å². The molecule has 1 aromatic carbocycles. The largest absolute Gasteiger partial charge is 0.376 e. The van der Waals surface area contributed by atoms with Crippen molar-refractivity contribution in [1.29, 1.82) is 0 Å². The second kappa shape index (κ2) is 5.29. The van der Waals surface area contributed by atoms with E-state index in [4.69, 9.17) is 4.74 Å². The van der Waals surface area contributed by atoms with Gasteiger partial charge in [0.25, 0.3) is 5.91 Å². The molecular formula is C16H20N2O2. The highest BCUT2D eigenvalue weighted by atomic mass is 16.5. The van der Waals surface area contributed by atoms with Gasteiger partial charge in [-0.1, -0.05) is 11.6 Å². The molecule has 1 amide bonds. The molecule has 0 radical (unpaired) electrons. The van der Waals surface area contributed by atoms with Crippen molar-refractivity contribution in [2.75, 3.05) is 13.2 Å². The Morgan fingerprint density at radius 1 is 1.45 bits per heavy atom. The molecule has 1 fully saturated rings.